The number of hydrogen-bond donors (Lipinski definition) is 1. The van der Waals surface area contributed by atoms with Gasteiger partial charge in [0.2, 0.25) is 5.91 Å². The lowest BCUT2D eigenvalue weighted by molar-refractivity contribution is -0.132. The van der Waals surface area contributed by atoms with Crippen molar-refractivity contribution in [2.45, 2.75) is 25.7 Å². The van der Waals surface area contributed by atoms with E-state index in [4.69, 9.17) is 9.72 Å². The summed E-state index contributed by atoms with van der Waals surface area (Å²) in [6.45, 7) is 2.52. The van der Waals surface area contributed by atoms with Gasteiger partial charge in [0.05, 0.1) is 19.2 Å². The Morgan fingerprint density at radius 1 is 1.24 bits per heavy atom. The summed E-state index contributed by atoms with van der Waals surface area (Å²) in [4.78, 5) is 19.2. The molecule has 0 saturated heterocycles. The number of hydrogen-bond acceptors (Lipinski definition) is 5. The minimum atomic E-state index is 0.140. The van der Waals surface area contributed by atoms with Crippen molar-refractivity contribution in [3.8, 4) is 11.1 Å². The van der Waals surface area contributed by atoms with Crippen molar-refractivity contribution >= 4 is 17.4 Å². The largest absolute Gasteiger partial charge is 0.384 e. The van der Waals surface area contributed by atoms with Gasteiger partial charge in [-0.3, -0.25) is 4.79 Å². The highest BCUT2D eigenvalue weighted by atomic mass is 16.5. The van der Waals surface area contributed by atoms with Gasteiger partial charge < -0.3 is 15.0 Å². The number of amides is 1. The molecule has 1 aromatic carbocycles. The van der Waals surface area contributed by atoms with E-state index in [9.17, 15) is 4.79 Å². The molecule has 1 aliphatic heterocycles. The van der Waals surface area contributed by atoms with Crippen LogP contribution in [0, 0.1) is 0 Å². The molecule has 4 bridgehead atoms. The number of ether oxygens (including phenoxy) is 1. The second-order valence-electron chi connectivity index (χ2n) is 7.35. The zero-order chi connectivity index (χ0) is 20.1. The van der Waals surface area contributed by atoms with Crippen molar-refractivity contribution in [2.24, 2.45) is 0 Å². The van der Waals surface area contributed by atoms with Gasteiger partial charge in [0.15, 0.2) is 5.65 Å². The van der Waals surface area contributed by atoms with Crippen LogP contribution >= 0.6 is 0 Å². The molecule has 0 saturated carbocycles. The van der Waals surface area contributed by atoms with Crippen molar-refractivity contribution < 1.29 is 9.53 Å². The number of anilines is 1. The average Bonchev–Trinajstić information content (AvgIpc) is 3.16. The second kappa shape index (κ2) is 9.05. The van der Waals surface area contributed by atoms with Crippen LogP contribution in [0.1, 0.15) is 24.8 Å². The first-order chi connectivity index (χ1) is 14.2. The maximum Gasteiger partial charge on any atom is 0.224 e. The van der Waals surface area contributed by atoms with E-state index in [1.165, 1.54) is 5.56 Å². The molecule has 29 heavy (non-hydrogen) atoms. The molecule has 7 heteroatoms. The molecule has 3 heterocycles. The summed E-state index contributed by atoms with van der Waals surface area (Å²) < 4.78 is 6.87. The minimum absolute atomic E-state index is 0.140. The molecule has 1 N–H and O–H groups in total. The maximum atomic E-state index is 12.5. The molecule has 4 rings (SSSR count). The number of benzene rings is 1. The Labute approximate surface area is 170 Å². The molecule has 0 fully saturated rings. The van der Waals surface area contributed by atoms with Gasteiger partial charge in [-0.25, -0.2) is 9.50 Å². The normalized spacial score (nSPS) is 15.0. The van der Waals surface area contributed by atoms with Gasteiger partial charge in [0.25, 0.3) is 0 Å². The Hall–Kier alpha value is -2.93. The molecular weight excluding hydrogens is 366 g/mol. The lowest BCUT2D eigenvalue weighted by Gasteiger charge is -2.23. The highest BCUT2D eigenvalue weighted by Crippen LogP contribution is 2.25. The number of methoxy groups -OCH3 is 1. The molecule has 0 aliphatic carbocycles. The van der Waals surface area contributed by atoms with Crippen molar-refractivity contribution in [3.05, 3.63) is 48.3 Å². The van der Waals surface area contributed by atoms with Gasteiger partial charge in [-0.15, -0.1) is 0 Å². The molecule has 0 radical (unpaired) electrons. The van der Waals surface area contributed by atoms with Gasteiger partial charge in [-0.1, -0.05) is 24.3 Å². The van der Waals surface area contributed by atoms with Crippen LogP contribution in [-0.4, -0.2) is 58.8 Å². The van der Waals surface area contributed by atoms with Crippen molar-refractivity contribution in [3.63, 3.8) is 0 Å². The third-order valence-electron chi connectivity index (χ3n) is 5.31. The van der Waals surface area contributed by atoms with Crippen molar-refractivity contribution in [1.29, 1.82) is 0 Å². The van der Waals surface area contributed by atoms with Crippen LogP contribution < -0.4 is 5.32 Å². The van der Waals surface area contributed by atoms with Gasteiger partial charge in [-0.2, -0.15) is 5.10 Å². The highest BCUT2D eigenvalue weighted by Gasteiger charge is 2.14. The summed E-state index contributed by atoms with van der Waals surface area (Å²) in [5.74, 6) is 0.927. The van der Waals surface area contributed by atoms with Crippen molar-refractivity contribution in [1.82, 2.24) is 19.5 Å². The number of aryl methyl sites for hydroxylation is 1. The SMILES string of the molecule is COCCC(=O)N1CCCCc2cccc(c2)-c2cnn3ccc(nc23)NCC1. The number of carbonyl (C=O) groups is 1. The third-order valence-corrected chi connectivity index (χ3v) is 5.31. The molecule has 1 amide bonds. The zero-order valence-electron chi connectivity index (χ0n) is 16.8. The monoisotopic (exact) mass is 393 g/mol. The van der Waals surface area contributed by atoms with E-state index in [0.29, 0.717) is 26.1 Å². The van der Waals surface area contributed by atoms with Crippen LogP contribution in [0.4, 0.5) is 5.82 Å². The average molecular weight is 393 g/mol. The van der Waals surface area contributed by atoms with Crippen LogP contribution in [0.2, 0.25) is 0 Å². The Morgan fingerprint density at radius 3 is 3.07 bits per heavy atom. The van der Waals surface area contributed by atoms with Gasteiger partial charge >= 0.3 is 0 Å². The lowest BCUT2D eigenvalue weighted by atomic mass is 10.0. The summed E-state index contributed by atoms with van der Waals surface area (Å²) in [7, 11) is 1.63. The number of nitrogens with zero attached hydrogens (tertiary/aromatic N) is 4. The first-order valence-electron chi connectivity index (χ1n) is 10.2. The minimum Gasteiger partial charge on any atom is -0.384 e. The van der Waals surface area contributed by atoms with E-state index in [2.05, 4.69) is 34.7 Å². The summed E-state index contributed by atoms with van der Waals surface area (Å²) in [6, 6.07) is 10.5. The van der Waals surface area contributed by atoms with Gasteiger partial charge in [0, 0.05) is 38.5 Å². The standard InChI is InChI=1S/C22H27N5O2/c1-29-14-9-21(28)26-11-3-2-5-17-6-4-7-18(15-17)19-16-24-27-12-8-20(23-10-13-26)25-22(19)27/h4,6-8,12,15-16H,2-3,5,9-11,13-14H2,1H3,(H,23,25). The number of nitrogens with one attached hydrogen (secondary N) is 1. The fourth-order valence-electron chi connectivity index (χ4n) is 3.72. The van der Waals surface area contributed by atoms with E-state index >= 15 is 0 Å². The predicted molar refractivity (Wildman–Crippen MR) is 113 cm³/mol. The first-order valence-corrected chi connectivity index (χ1v) is 10.2. The Bertz CT molecular complexity index is 984. The molecule has 0 unspecified atom stereocenters. The molecule has 0 spiro atoms. The zero-order valence-corrected chi connectivity index (χ0v) is 16.8. The lowest BCUT2D eigenvalue weighted by Crippen LogP contribution is -2.36. The number of fused-ring (bicyclic) bond motifs is 4. The molecule has 2 aromatic heterocycles. The quantitative estimate of drug-likeness (QED) is 0.741. The highest BCUT2D eigenvalue weighted by molar-refractivity contribution is 5.78. The first kappa shape index (κ1) is 19.4. The molecule has 0 atom stereocenters. The van der Waals surface area contributed by atoms with Crippen molar-refractivity contribution in [2.75, 3.05) is 38.7 Å². The molecule has 1 aliphatic rings. The van der Waals surface area contributed by atoms with E-state index in [1.54, 1.807) is 11.6 Å². The van der Waals surface area contributed by atoms with Crippen LogP contribution in [0.5, 0.6) is 0 Å². The molecular formula is C22H27N5O2. The van der Waals surface area contributed by atoms with E-state index in [1.807, 2.05) is 23.4 Å². The summed E-state index contributed by atoms with van der Waals surface area (Å²) >= 11 is 0. The Morgan fingerprint density at radius 2 is 2.17 bits per heavy atom. The number of aromatic nitrogens is 3. The molecule has 3 aromatic rings. The van der Waals surface area contributed by atoms with Crippen LogP contribution in [0.3, 0.4) is 0 Å². The van der Waals surface area contributed by atoms with Crippen LogP contribution in [0.15, 0.2) is 42.7 Å². The second-order valence-corrected chi connectivity index (χ2v) is 7.35. The Balaban J connectivity index is 1.62. The van der Waals surface area contributed by atoms with Gasteiger partial charge in [-0.05, 0) is 36.5 Å². The number of carbonyl (C=O) groups excluding carboxylic acids is 1. The third kappa shape index (κ3) is 4.56. The predicted octanol–water partition coefficient (Wildman–Crippen LogP) is 3.01. The van der Waals surface area contributed by atoms with Crippen LogP contribution in [0.25, 0.3) is 16.8 Å². The topological polar surface area (TPSA) is 71.8 Å². The molecule has 152 valence electrons. The fraction of sp³-hybridized carbons (Fsp3) is 0.409. The summed E-state index contributed by atoms with van der Waals surface area (Å²) in [5.41, 5.74) is 4.29. The van der Waals surface area contributed by atoms with E-state index in [0.717, 1.165) is 48.4 Å². The summed E-state index contributed by atoms with van der Waals surface area (Å²) in [5, 5.41) is 7.80. The fourth-order valence-corrected chi connectivity index (χ4v) is 3.72. The smallest absolute Gasteiger partial charge is 0.224 e. The summed E-state index contributed by atoms with van der Waals surface area (Å²) in [6.07, 6.45) is 7.22. The van der Waals surface area contributed by atoms with Gasteiger partial charge in [0.1, 0.15) is 5.82 Å². The molecule has 7 nitrogen and oxygen atoms in total. The van der Waals surface area contributed by atoms with E-state index < -0.39 is 0 Å². The number of rotatable bonds is 3. The Kier molecular flexibility index (Phi) is 6.05. The van der Waals surface area contributed by atoms with E-state index in [-0.39, 0.29) is 5.91 Å². The maximum absolute atomic E-state index is 12.5. The van der Waals surface area contributed by atoms with Crippen LogP contribution in [-0.2, 0) is 16.0 Å².